The first-order chi connectivity index (χ1) is 15.4. The summed E-state index contributed by atoms with van der Waals surface area (Å²) in [6.07, 6.45) is 8.98. The van der Waals surface area contributed by atoms with Crippen molar-refractivity contribution in [3.63, 3.8) is 0 Å². The van der Waals surface area contributed by atoms with E-state index >= 15 is 0 Å². The molecule has 0 fully saturated rings. The zero-order valence-electron chi connectivity index (χ0n) is 19.5. The summed E-state index contributed by atoms with van der Waals surface area (Å²) in [5, 5.41) is 15.8. The van der Waals surface area contributed by atoms with Crippen LogP contribution in [0.15, 0.2) is 69.8 Å². The molecule has 0 aliphatic heterocycles. The smallest absolute Gasteiger partial charge is 0.337 e. The van der Waals surface area contributed by atoms with Gasteiger partial charge in [-0.15, -0.1) is 0 Å². The van der Waals surface area contributed by atoms with E-state index < -0.39 is 0 Å². The molecule has 32 heavy (non-hydrogen) atoms. The summed E-state index contributed by atoms with van der Waals surface area (Å²) in [4.78, 5) is 11.6. The van der Waals surface area contributed by atoms with E-state index in [1.54, 1.807) is 47.8 Å². The Hall–Kier alpha value is -3.30. The van der Waals surface area contributed by atoms with Crippen molar-refractivity contribution in [1.82, 2.24) is 5.01 Å². The molecule has 6 nitrogen and oxygen atoms in total. The summed E-state index contributed by atoms with van der Waals surface area (Å²) in [6, 6.07) is 7.47. The highest BCUT2D eigenvalue weighted by molar-refractivity contribution is 6.30. The topological polar surface area (TPSA) is 74.9 Å². The number of ether oxygens (including phenoxy) is 2. The number of aryl methyl sites for hydroxylation is 1. The van der Waals surface area contributed by atoms with E-state index in [0.29, 0.717) is 29.2 Å². The van der Waals surface area contributed by atoms with Crippen LogP contribution in [0.3, 0.4) is 0 Å². The van der Waals surface area contributed by atoms with Gasteiger partial charge in [-0.2, -0.15) is 10.4 Å². The van der Waals surface area contributed by atoms with Gasteiger partial charge in [0.05, 0.1) is 30.1 Å². The van der Waals surface area contributed by atoms with Gasteiger partial charge in [0.15, 0.2) is 0 Å². The molecule has 0 heterocycles. The van der Waals surface area contributed by atoms with Crippen LogP contribution in [0.2, 0.25) is 0 Å². The molecule has 0 spiro atoms. The Kier molecular flexibility index (Phi) is 11.6. The molecule has 0 N–H and O–H groups in total. The third-order valence-electron chi connectivity index (χ3n) is 4.33. The van der Waals surface area contributed by atoms with Crippen molar-refractivity contribution in [2.75, 3.05) is 7.11 Å². The van der Waals surface area contributed by atoms with Crippen LogP contribution in [0, 0.1) is 18.3 Å². The van der Waals surface area contributed by atoms with Gasteiger partial charge < -0.3 is 9.47 Å². The summed E-state index contributed by atoms with van der Waals surface area (Å²) < 4.78 is 10.5. The Balaban J connectivity index is 0.00000249. The number of rotatable bonds is 7. The van der Waals surface area contributed by atoms with Crippen LogP contribution in [0.4, 0.5) is 0 Å². The third kappa shape index (κ3) is 7.75. The first-order valence-corrected chi connectivity index (χ1v) is 10.7. The molecule has 7 heteroatoms. The average molecular weight is 456 g/mol. The Morgan fingerprint density at radius 2 is 2.06 bits per heavy atom. The third-order valence-corrected chi connectivity index (χ3v) is 4.57. The molecule has 0 radical (unpaired) electrons. The highest BCUT2D eigenvalue weighted by Crippen LogP contribution is 2.25. The molecule has 170 valence electrons. The van der Waals surface area contributed by atoms with Crippen LogP contribution in [0.1, 0.15) is 55.6 Å². The number of methoxy groups -OCH3 is 1. The van der Waals surface area contributed by atoms with Crippen molar-refractivity contribution < 1.29 is 14.3 Å². The lowest BCUT2D eigenvalue weighted by atomic mass is 10.1. The lowest BCUT2D eigenvalue weighted by Crippen LogP contribution is -2.14. The minimum Gasteiger partial charge on any atom is -0.495 e. The van der Waals surface area contributed by atoms with Crippen LogP contribution >= 0.6 is 11.6 Å². The van der Waals surface area contributed by atoms with Gasteiger partial charge in [-0.3, -0.25) is 0 Å². The number of benzene rings is 1. The van der Waals surface area contributed by atoms with E-state index in [-0.39, 0.29) is 5.97 Å². The van der Waals surface area contributed by atoms with Gasteiger partial charge in [-0.1, -0.05) is 31.5 Å². The number of carbonyl (C=O) groups is 1. The van der Waals surface area contributed by atoms with E-state index in [1.807, 2.05) is 40.7 Å². The molecular formula is C25H30ClN3O3. The maximum absolute atomic E-state index is 11.6. The first kappa shape index (κ1) is 26.7. The average Bonchev–Trinajstić information content (AvgIpc) is 2.99. The molecule has 0 amide bonds. The molecule has 1 aromatic rings. The highest BCUT2D eigenvalue weighted by Gasteiger charge is 2.13. The fourth-order valence-electron chi connectivity index (χ4n) is 2.78. The van der Waals surface area contributed by atoms with Crippen molar-refractivity contribution in [3.05, 3.63) is 81.4 Å². The van der Waals surface area contributed by atoms with Gasteiger partial charge in [0.1, 0.15) is 12.9 Å². The second kappa shape index (κ2) is 13.9. The van der Waals surface area contributed by atoms with Crippen molar-refractivity contribution >= 4 is 23.8 Å². The lowest BCUT2D eigenvalue weighted by molar-refractivity contribution is 0.0600. The minimum absolute atomic E-state index is 0.336. The predicted molar refractivity (Wildman–Crippen MR) is 129 cm³/mol. The normalized spacial score (nSPS) is 13.6. The van der Waals surface area contributed by atoms with Gasteiger partial charge >= 0.3 is 5.97 Å². The summed E-state index contributed by atoms with van der Waals surface area (Å²) in [5.41, 5.74) is 4.42. The molecule has 0 bridgehead atoms. The number of carbonyl (C=O) groups excluding carboxylic acids is 1. The van der Waals surface area contributed by atoms with E-state index in [2.05, 4.69) is 11.2 Å². The van der Waals surface area contributed by atoms with E-state index in [1.165, 1.54) is 7.11 Å². The highest BCUT2D eigenvalue weighted by atomic mass is 35.5. The standard InChI is InChI=1S/C23H24ClN3O3.C2H6/c1-5-26-27(22-9-6-18(13-25)11-21(24)12-22)17(3)14-30-15-20-8-7-19(10-16(20)2)23(28)29-4;1-2/h5-10,12,14H,11,15H2,1-4H3;1-2H3/b17-14+,26-5+;. The zero-order chi connectivity index (χ0) is 24.1. The van der Waals surface area contributed by atoms with Crippen molar-refractivity contribution in [2.45, 2.75) is 47.6 Å². The molecule has 1 aromatic carbocycles. The number of allylic oxidation sites excluding steroid dienone is 6. The zero-order valence-corrected chi connectivity index (χ0v) is 20.2. The Bertz CT molecular complexity index is 998. The number of hydrogen-bond donors (Lipinski definition) is 0. The number of hydrogen-bond acceptors (Lipinski definition) is 6. The summed E-state index contributed by atoms with van der Waals surface area (Å²) in [6.45, 7) is 9.93. The summed E-state index contributed by atoms with van der Waals surface area (Å²) in [5.74, 6) is -0.369. The Morgan fingerprint density at radius 1 is 1.34 bits per heavy atom. The van der Waals surface area contributed by atoms with E-state index in [0.717, 1.165) is 22.5 Å². The van der Waals surface area contributed by atoms with Crippen molar-refractivity contribution in [1.29, 1.82) is 5.26 Å². The number of hydrazone groups is 1. The molecule has 0 unspecified atom stereocenters. The molecule has 0 aromatic heterocycles. The quantitative estimate of drug-likeness (QED) is 0.207. The maximum atomic E-state index is 11.6. The van der Waals surface area contributed by atoms with Crippen LogP contribution in [-0.2, 0) is 16.1 Å². The molecule has 0 atom stereocenters. The number of halogens is 1. The summed E-state index contributed by atoms with van der Waals surface area (Å²) in [7, 11) is 1.36. The van der Waals surface area contributed by atoms with E-state index in [9.17, 15) is 4.79 Å². The SMILES string of the molecule is C/C=N/N(C1=CC=C(C#N)CC(Cl)=C1)/C(C)=C/OCc1ccc(C(=O)OC)cc1C.CC. The fourth-order valence-corrected chi connectivity index (χ4v) is 3.03. The molecule has 1 aliphatic rings. The van der Waals surface area contributed by atoms with Gasteiger partial charge in [-0.25, -0.2) is 9.80 Å². The molecule has 2 rings (SSSR count). The monoisotopic (exact) mass is 455 g/mol. The van der Waals surface area contributed by atoms with Crippen LogP contribution < -0.4 is 0 Å². The molecular weight excluding hydrogens is 426 g/mol. The maximum Gasteiger partial charge on any atom is 0.337 e. The van der Waals surface area contributed by atoms with Crippen molar-refractivity contribution in [2.24, 2.45) is 5.10 Å². The van der Waals surface area contributed by atoms with E-state index in [4.69, 9.17) is 26.3 Å². The van der Waals surface area contributed by atoms with Gasteiger partial charge in [-0.05, 0) is 62.3 Å². The van der Waals surface area contributed by atoms with Gasteiger partial charge in [0.2, 0.25) is 0 Å². The molecule has 0 saturated carbocycles. The Labute approximate surface area is 195 Å². The fraction of sp³-hybridized carbons (Fsp3) is 0.320. The van der Waals surface area contributed by atoms with Crippen LogP contribution in [-0.4, -0.2) is 24.3 Å². The van der Waals surface area contributed by atoms with Crippen LogP contribution in [0.5, 0.6) is 0 Å². The minimum atomic E-state index is -0.369. The second-order valence-corrected chi connectivity index (χ2v) is 7.04. The van der Waals surface area contributed by atoms with Gasteiger partial charge in [0.25, 0.3) is 0 Å². The van der Waals surface area contributed by atoms with Gasteiger partial charge in [0, 0.05) is 23.2 Å². The van der Waals surface area contributed by atoms with Crippen molar-refractivity contribution in [3.8, 4) is 6.07 Å². The molecule has 1 aliphatic carbocycles. The lowest BCUT2D eigenvalue weighted by Gasteiger charge is -2.20. The largest absolute Gasteiger partial charge is 0.495 e. The molecule has 0 saturated heterocycles. The number of nitrogens with zero attached hydrogens (tertiary/aromatic N) is 3. The Morgan fingerprint density at radius 3 is 2.66 bits per heavy atom. The number of nitriles is 1. The second-order valence-electron chi connectivity index (χ2n) is 6.55. The van der Waals surface area contributed by atoms with Crippen LogP contribution in [0.25, 0.3) is 0 Å². The number of esters is 1. The predicted octanol–water partition coefficient (Wildman–Crippen LogP) is 6.35. The summed E-state index contributed by atoms with van der Waals surface area (Å²) >= 11 is 6.25. The first-order valence-electron chi connectivity index (χ1n) is 10.3.